The van der Waals surface area contributed by atoms with Crippen molar-refractivity contribution < 1.29 is 9.59 Å². The SMILES string of the molecule is Cc1ccc(C=C2C(=O)NC(=O)N2C)c2ccccc12. The van der Waals surface area contributed by atoms with Gasteiger partial charge >= 0.3 is 6.03 Å². The first kappa shape index (κ1) is 12.4. The first-order chi connectivity index (χ1) is 9.58. The zero-order valence-electron chi connectivity index (χ0n) is 11.3. The van der Waals surface area contributed by atoms with Gasteiger partial charge in [-0.1, -0.05) is 36.4 Å². The molecule has 3 rings (SSSR count). The molecule has 0 radical (unpaired) electrons. The van der Waals surface area contributed by atoms with Gasteiger partial charge in [0, 0.05) is 7.05 Å². The number of carbonyl (C=O) groups is 2. The number of hydrogen-bond donors (Lipinski definition) is 1. The third-order valence-electron chi connectivity index (χ3n) is 3.59. The summed E-state index contributed by atoms with van der Waals surface area (Å²) in [6.07, 6.45) is 1.75. The third-order valence-corrected chi connectivity index (χ3v) is 3.59. The van der Waals surface area contributed by atoms with Crippen LogP contribution < -0.4 is 5.32 Å². The predicted octanol–water partition coefficient (Wildman–Crippen LogP) is 2.67. The molecular weight excluding hydrogens is 252 g/mol. The number of carbonyl (C=O) groups excluding carboxylic acids is 2. The van der Waals surface area contributed by atoms with Crippen molar-refractivity contribution in [2.75, 3.05) is 7.05 Å². The van der Waals surface area contributed by atoms with Gasteiger partial charge in [-0.2, -0.15) is 0 Å². The molecule has 1 saturated heterocycles. The Morgan fingerprint density at radius 3 is 2.40 bits per heavy atom. The number of aryl methyl sites for hydroxylation is 1. The highest BCUT2D eigenvalue weighted by atomic mass is 16.2. The van der Waals surface area contributed by atoms with Crippen molar-refractivity contribution in [2.24, 2.45) is 0 Å². The van der Waals surface area contributed by atoms with Gasteiger partial charge in [0.25, 0.3) is 5.91 Å². The zero-order valence-corrected chi connectivity index (χ0v) is 11.3. The monoisotopic (exact) mass is 266 g/mol. The fraction of sp³-hybridized carbons (Fsp3) is 0.125. The number of amides is 3. The van der Waals surface area contributed by atoms with Crippen LogP contribution in [0.3, 0.4) is 0 Å². The lowest BCUT2D eigenvalue weighted by Crippen LogP contribution is -2.24. The van der Waals surface area contributed by atoms with Crippen LogP contribution in [0.1, 0.15) is 11.1 Å². The van der Waals surface area contributed by atoms with Crippen molar-refractivity contribution in [3.63, 3.8) is 0 Å². The molecule has 4 heteroatoms. The first-order valence-electron chi connectivity index (χ1n) is 6.37. The van der Waals surface area contributed by atoms with Crippen molar-refractivity contribution >= 4 is 28.8 Å². The Morgan fingerprint density at radius 1 is 1.05 bits per heavy atom. The maximum atomic E-state index is 11.8. The Labute approximate surface area is 116 Å². The third kappa shape index (κ3) is 1.86. The number of benzene rings is 2. The summed E-state index contributed by atoms with van der Waals surface area (Å²) in [5.41, 5.74) is 2.48. The summed E-state index contributed by atoms with van der Waals surface area (Å²) < 4.78 is 0. The van der Waals surface area contributed by atoms with Crippen LogP contribution in [-0.4, -0.2) is 23.9 Å². The van der Waals surface area contributed by atoms with Crippen molar-refractivity contribution in [3.05, 3.63) is 53.2 Å². The minimum atomic E-state index is -0.391. The van der Waals surface area contributed by atoms with E-state index >= 15 is 0 Å². The highest BCUT2D eigenvalue weighted by Crippen LogP contribution is 2.25. The van der Waals surface area contributed by atoms with Crippen molar-refractivity contribution in [1.29, 1.82) is 0 Å². The van der Waals surface area contributed by atoms with Crippen molar-refractivity contribution in [3.8, 4) is 0 Å². The fourth-order valence-corrected chi connectivity index (χ4v) is 2.42. The van der Waals surface area contributed by atoms with E-state index in [1.807, 2.05) is 30.3 Å². The summed E-state index contributed by atoms with van der Waals surface area (Å²) >= 11 is 0. The Hall–Kier alpha value is -2.62. The minimum Gasteiger partial charge on any atom is -0.292 e. The molecule has 4 nitrogen and oxygen atoms in total. The molecule has 1 fully saturated rings. The number of nitrogens with zero attached hydrogens (tertiary/aromatic N) is 1. The quantitative estimate of drug-likeness (QED) is 0.637. The van der Waals surface area contributed by atoms with E-state index in [1.54, 1.807) is 13.1 Å². The lowest BCUT2D eigenvalue weighted by atomic mass is 9.99. The smallest absolute Gasteiger partial charge is 0.292 e. The van der Waals surface area contributed by atoms with Gasteiger partial charge in [-0.3, -0.25) is 15.0 Å². The number of rotatable bonds is 1. The molecule has 0 spiro atoms. The molecular formula is C16H14N2O2. The predicted molar refractivity (Wildman–Crippen MR) is 78.0 cm³/mol. The zero-order chi connectivity index (χ0) is 14.3. The van der Waals surface area contributed by atoms with E-state index in [0.29, 0.717) is 5.70 Å². The molecule has 0 aliphatic carbocycles. The minimum absolute atomic E-state index is 0.359. The van der Waals surface area contributed by atoms with Gasteiger partial charge < -0.3 is 0 Å². The number of imide groups is 1. The summed E-state index contributed by atoms with van der Waals surface area (Å²) in [6, 6.07) is 11.6. The van der Waals surface area contributed by atoms with E-state index in [2.05, 4.69) is 18.3 Å². The molecule has 0 aromatic heterocycles. The second-order valence-corrected chi connectivity index (χ2v) is 4.87. The number of likely N-dealkylation sites (N-methyl/N-ethyl adjacent to an activating group) is 1. The van der Waals surface area contributed by atoms with Gasteiger partial charge in [0.1, 0.15) is 5.70 Å². The summed E-state index contributed by atoms with van der Waals surface area (Å²) in [5, 5.41) is 4.49. The summed E-state index contributed by atoms with van der Waals surface area (Å²) in [5.74, 6) is -0.359. The van der Waals surface area contributed by atoms with E-state index in [1.165, 1.54) is 10.5 Å². The summed E-state index contributed by atoms with van der Waals surface area (Å²) in [7, 11) is 1.59. The van der Waals surface area contributed by atoms with Gasteiger partial charge in [0.2, 0.25) is 0 Å². The Balaban J connectivity index is 2.19. The van der Waals surface area contributed by atoms with Crippen LogP contribution >= 0.6 is 0 Å². The molecule has 0 saturated carbocycles. The largest absolute Gasteiger partial charge is 0.328 e. The molecule has 20 heavy (non-hydrogen) atoms. The van der Waals surface area contributed by atoms with Crippen LogP contribution in [0.4, 0.5) is 4.79 Å². The van der Waals surface area contributed by atoms with Gasteiger partial charge in [0.15, 0.2) is 0 Å². The Morgan fingerprint density at radius 2 is 1.75 bits per heavy atom. The number of fused-ring (bicyclic) bond motifs is 1. The fourth-order valence-electron chi connectivity index (χ4n) is 2.42. The first-order valence-corrected chi connectivity index (χ1v) is 6.37. The maximum absolute atomic E-state index is 11.8. The van der Waals surface area contributed by atoms with Crippen LogP contribution in [-0.2, 0) is 4.79 Å². The number of urea groups is 1. The van der Waals surface area contributed by atoms with E-state index in [0.717, 1.165) is 16.3 Å². The molecule has 1 N–H and O–H groups in total. The van der Waals surface area contributed by atoms with Crippen LogP contribution in [0.25, 0.3) is 16.8 Å². The lowest BCUT2D eigenvalue weighted by molar-refractivity contribution is -0.115. The molecule has 3 amide bonds. The molecule has 0 bridgehead atoms. The van der Waals surface area contributed by atoms with Gasteiger partial charge in [-0.15, -0.1) is 0 Å². The summed E-state index contributed by atoms with van der Waals surface area (Å²) in [6.45, 7) is 2.05. The van der Waals surface area contributed by atoms with Crippen molar-refractivity contribution in [1.82, 2.24) is 10.2 Å². The number of hydrogen-bond acceptors (Lipinski definition) is 2. The molecule has 100 valence electrons. The highest BCUT2D eigenvalue weighted by Gasteiger charge is 2.29. The average molecular weight is 266 g/mol. The van der Waals surface area contributed by atoms with Crippen LogP contribution in [0, 0.1) is 6.92 Å². The molecule has 1 aliphatic heterocycles. The van der Waals surface area contributed by atoms with Gasteiger partial charge in [-0.25, -0.2) is 4.79 Å². The standard InChI is InChI=1S/C16H14N2O2/c1-10-7-8-11(13-6-4-3-5-12(10)13)9-14-15(19)17-16(20)18(14)2/h3-9H,1-2H3,(H,17,19,20). The normalized spacial score (nSPS) is 17.1. The lowest BCUT2D eigenvalue weighted by Gasteiger charge is -2.09. The molecule has 1 heterocycles. The van der Waals surface area contributed by atoms with Crippen LogP contribution in [0.2, 0.25) is 0 Å². The second kappa shape index (κ2) is 4.49. The molecule has 0 atom stereocenters. The Kier molecular flexibility index (Phi) is 2.79. The number of nitrogens with one attached hydrogen (secondary N) is 1. The van der Waals surface area contributed by atoms with Crippen molar-refractivity contribution in [2.45, 2.75) is 6.92 Å². The average Bonchev–Trinajstić information content (AvgIpc) is 2.68. The maximum Gasteiger partial charge on any atom is 0.328 e. The topological polar surface area (TPSA) is 49.4 Å². The van der Waals surface area contributed by atoms with E-state index < -0.39 is 6.03 Å². The summed E-state index contributed by atoms with van der Waals surface area (Å²) in [4.78, 5) is 24.5. The van der Waals surface area contributed by atoms with Gasteiger partial charge in [-0.05, 0) is 34.9 Å². The second-order valence-electron chi connectivity index (χ2n) is 4.87. The van der Waals surface area contributed by atoms with Crippen LogP contribution in [0.5, 0.6) is 0 Å². The highest BCUT2D eigenvalue weighted by molar-refractivity contribution is 6.14. The molecule has 2 aromatic rings. The van der Waals surface area contributed by atoms with E-state index in [9.17, 15) is 9.59 Å². The van der Waals surface area contributed by atoms with Crippen LogP contribution in [0.15, 0.2) is 42.1 Å². The molecule has 1 aliphatic rings. The van der Waals surface area contributed by atoms with Gasteiger partial charge in [0.05, 0.1) is 0 Å². The molecule has 0 unspecified atom stereocenters. The van der Waals surface area contributed by atoms with E-state index in [-0.39, 0.29) is 5.91 Å². The molecule has 2 aromatic carbocycles. The van der Waals surface area contributed by atoms with E-state index in [4.69, 9.17) is 0 Å². The Bertz CT molecular complexity index is 762.